The molecular weight excluding hydrogens is 278 g/mol. The SMILES string of the molecule is Cc1cc(CN2CC3CN(c4ncncc4C)CC3C2)no1. The van der Waals surface area contributed by atoms with Crippen molar-refractivity contribution in [1.82, 2.24) is 20.0 Å². The summed E-state index contributed by atoms with van der Waals surface area (Å²) in [4.78, 5) is 13.5. The van der Waals surface area contributed by atoms with Gasteiger partial charge in [-0.3, -0.25) is 4.90 Å². The standard InChI is InChI=1S/C16H21N5O/c1-11-4-17-10-18-16(11)21-7-13-5-20(6-14(13)8-21)9-15-3-12(2)22-19-15/h3-4,10,13-14H,5-9H2,1-2H3. The van der Waals surface area contributed by atoms with E-state index < -0.39 is 0 Å². The van der Waals surface area contributed by atoms with Crippen LogP contribution in [0, 0.1) is 25.7 Å². The number of likely N-dealkylation sites (tertiary alicyclic amines) is 1. The Bertz CT molecular complexity index is 656. The normalized spacial score (nSPS) is 24.9. The lowest BCUT2D eigenvalue weighted by Crippen LogP contribution is -2.29. The third-order valence-corrected chi connectivity index (χ3v) is 4.79. The van der Waals surface area contributed by atoms with Crippen molar-refractivity contribution in [2.75, 3.05) is 31.1 Å². The number of hydrogen-bond acceptors (Lipinski definition) is 6. The number of rotatable bonds is 3. The molecule has 4 heterocycles. The highest BCUT2D eigenvalue weighted by Crippen LogP contribution is 2.34. The van der Waals surface area contributed by atoms with Crippen molar-refractivity contribution in [3.8, 4) is 0 Å². The maximum Gasteiger partial charge on any atom is 0.134 e. The molecule has 2 aromatic rings. The van der Waals surface area contributed by atoms with E-state index in [1.807, 2.05) is 19.2 Å². The molecule has 0 radical (unpaired) electrons. The summed E-state index contributed by atoms with van der Waals surface area (Å²) in [6, 6.07) is 2.03. The van der Waals surface area contributed by atoms with Crippen LogP contribution in [0.1, 0.15) is 17.0 Å². The van der Waals surface area contributed by atoms with Gasteiger partial charge in [-0.1, -0.05) is 5.16 Å². The minimum absolute atomic E-state index is 0.724. The number of nitrogens with zero attached hydrogens (tertiary/aromatic N) is 5. The van der Waals surface area contributed by atoms with Gasteiger partial charge in [0.05, 0.1) is 5.69 Å². The Balaban J connectivity index is 1.39. The molecule has 0 saturated carbocycles. The summed E-state index contributed by atoms with van der Waals surface area (Å²) in [6.07, 6.45) is 3.55. The molecule has 2 fully saturated rings. The maximum atomic E-state index is 5.16. The average Bonchev–Trinajstić information content (AvgIpc) is 3.14. The highest BCUT2D eigenvalue weighted by Gasteiger charge is 2.40. The number of hydrogen-bond donors (Lipinski definition) is 0. The first kappa shape index (κ1) is 13.7. The van der Waals surface area contributed by atoms with Gasteiger partial charge in [-0.2, -0.15) is 0 Å². The number of fused-ring (bicyclic) bond motifs is 1. The first-order valence-electron chi connectivity index (χ1n) is 7.85. The molecule has 2 aromatic heterocycles. The van der Waals surface area contributed by atoms with E-state index in [-0.39, 0.29) is 0 Å². The molecule has 2 aliphatic rings. The summed E-state index contributed by atoms with van der Waals surface area (Å²) >= 11 is 0. The largest absolute Gasteiger partial charge is 0.361 e. The summed E-state index contributed by atoms with van der Waals surface area (Å²) in [7, 11) is 0. The van der Waals surface area contributed by atoms with E-state index in [1.54, 1.807) is 6.33 Å². The molecule has 2 atom stereocenters. The highest BCUT2D eigenvalue weighted by atomic mass is 16.5. The Labute approximate surface area is 130 Å². The quantitative estimate of drug-likeness (QED) is 0.859. The zero-order valence-electron chi connectivity index (χ0n) is 13.1. The van der Waals surface area contributed by atoms with Crippen molar-refractivity contribution >= 4 is 5.82 Å². The summed E-state index contributed by atoms with van der Waals surface area (Å²) in [5.74, 6) is 3.44. The molecule has 22 heavy (non-hydrogen) atoms. The van der Waals surface area contributed by atoms with E-state index in [1.165, 1.54) is 0 Å². The number of aromatic nitrogens is 3. The molecule has 0 aliphatic carbocycles. The lowest BCUT2D eigenvalue weighted by molar-refractivity contribution is 0.294. The van der Waals surface area contributed by atoms with Gasteiger partial charge in [0.2, 0.25) is 0 Å². The van der Waals surface area contributed by atoms with Crippen LogP contribution in [-0.4, -0.2) is 46.2 Å². The zero-order valence-corrected chi connectivity index (χ0v) is 13.1. The van der Waals surface area contributed by atoms with Crippen LogP contribution in [0.5, 0.6) is 0 Å². The van der Waals surface area contributed by atoms with Crippen molar-refractivity contribution in [1.29, 1.82) is 0 Å². The molecule has 0 amide bonds. The van der Waals surface area contributed by atoms with Crippen LogP contribution in [0.4, 0.5) is 5.82 Å². The smallest absolute Gasteiger partial charge is 0.134 e. The average molecular weight is 299 g/mol. The van der Waals surface area contributed by atoms with Crippen LogP contribution in [0.3, 0.4) is 0 Å². The summed E-state index contributed by atoms with van der Waals surface area (Å²) in [5, 5.41) is 4.10. The molecule has 0 aromatic carbocycles. The maximum absolute atomic E-state index is 5.16. The van der Waals surface area contributed by atoms with Crippen molar-refractivity contribution in [3.05, 3.63) is 35.6 Å². The molecule has 4 rings (SSSR count). The van der Waals surface area contributed by atoms with Crippen molar-refractivity contribution in [3.63, 3.8) is 0 Å². The predicted molar refractivity (Wildman–Crippen MR) is 82.5 cm³/mol. The van der Waals surface area contributed by atoms with Crippen LogP contribution in [0.2, 0.25) is 0 Å². The number of aryl methyl sites for hydroxylation is 2. The fourth-order valence-corrected chi connectivity index (χ4v) is 3.84. The molecule has 0 spiro atoms. The third-order valence-electron chi connectivity index (χ3n) is 4.79. The van der Waals surface area contributed by atoms with E-state index >= 15 is 0 Å². The Morgan fingerprint density at radius 3 is 2.59 bits per heavy atom. The fraction of sp³-hybridized carbons (Fsp3) is 0.562. The lowest BCUT2D eigenvalue weighted by Gasteiger charge is -2.22. The Morgan fingerprint density at radius 2 is 1.95 bits per heavy atom. The topological polar surface area (TPSA) is 58.3 Å². The van der Waals surface area contributed by atoms with Gasteiger partial charge < -0.3 is 9.42 Å². The van der Waals surface area contributed by atoms with Crippen LogP contribution >= 0.6 is 0 Å². The van der Waals surface area contributed by atoms with Crippen molar-refractivity contribution in [2.45, 2.75) is 20.4 Å². The van der Waals surface area contributed by atoms with Crippen molar-refractivity contribution < 1.29 is 4.52 Å². The van der Waals surface area contributed by atoms with Gasteiger partial charge in [0, 0.05) is 50.6 Å². The fourth-order valence-electron chi connectivity index (χ4n) is 3.84. The first-order valence-corrected chi connectivity index (χ1v) is 7.85. The Morgan fingerprint density at radius 1 is 1.18 bits per heavy atom. The van der Waals surface area contributed by atoms with Gasteiger partial charge in [0.15, 0.2) is 0 Å². The molecule has 116 valence electrons. The molecule has 6 nitrogen and oxygen atoms in total. The minimum Gasteiger partial charge on any atom is -0.361 e. The molecular formula is C16H21N5O. The van der Waals surface area contributed by atoms with Gasteiger partial charge in [-0.15, -0.1) is 0 Å². The minimum atomic E-state index is 0.724. The Hall–Kier alpha value is -1.95. The summed E-state index contributed by atoms with van der Waals surface area (Å²) in [5.41, 5.74) is 2.21. The van der Waals surface area contributed by atoms with E-state index in [0.29, 0.717) is 0 Å². The monoisotopic (exact) mass is 299 g/mol. The van der Waals surface area contributed by atoms with Gasteiger partial charge in [-0.05, 0) is 25.7 Å². The Kier molecular flexibility index (Phi) is 3.33. The highest BCUT2D eigenvalue weighted by molar-refractivity contribution is 5.46. The van der Waals surface area contributed by atoms with Crippen LogP contribution in [0.25, 0.3) is 0 Å². The molecule has 0 N–H and O–H groups in total. The number of anilines is 1. The van der Waals surface area contributed by atoms with E-state index in [9.17, 15) is 0 Å². The van der Waals surface area contributed by atoms with Crippen molar-refractivity contribution in [2.24, 2.45) is 11.8 Å². The van der Waals surface area contributed by atoms with Crippen LogP contribution in [0.15, 0.2) is 23.1 Å². The molecule has 0 bridgehead atoms. The van der Waals surface area contributed by atoms with E-state index in [2.05, 4.69) is 31.8 Å². The van der Waals surface area contributed by atoms with E-state index in [0.717, 1.165) is 67.4 Å². The lowest BCUT2D eigenvalue weighted by atomic mass is 10.0. The van der Waals surface area contributed by atoms with Gasteiger partial charge in [0.1, 0.15) is 17.9 Å². The summed E-state index contributed by atoms with van der Waals surface area (Å²) in [6.45, 7) is 9.39. The molecule has 2 unspecified atom stereocenters. The molecule has 2 saturated heterocycles. The first-order chi connectivity index (χ1) is 10.7. The molecule has 6 heteroatoms. The summed E-state index contributed by atoms with van der Waals surface area (Å²) < 4.78 is 5.16. The van der Waals surface area contributed by atoms with Crippen LogP contribution < -0.4 is 4.90 Å². The van der Waals surface area contributed by atoms with E-state index in [4.69, 9.17) is 4.52 Å². The zero-order chi connectivity index (χ0) is 15.1. The van der Waals surface area contributed by atoms with Gasteiger partial charge >= 0.3 is 0 Å². The second kappa shape index (κ2) is 5.35. The van der Waals surface area contributed by atoms with Gasteiger partial charge in [0.25, 0.3) is 0 Å². The second-order valence-electron chi connectivity index (χ2n) is 6.58. The second-order valence-corrected chi connectivity index (χ2v) is 6.58. The van der Waals surface area contributed by atoms with Gasteiger partial charge in [-0.25, -0.2) is 9.97 Å². The predicted octanol–water partition coefficient (Wildman–Crippen LogP) is 1.65. The third kappa shape index (κ3) is 2.47. The van der Waals surface area contributed by atoms with Crippen LogP contribution in [-0.2, 0) is 6.54 Å². The molecule has 2 aliphatic heterocycles.